The molecule has 1 radical (unpaired) electrons. The third-order valence-corrected chi connectivity index (χ3v) is 2.43. The van der Waals surface area contributed by atoms with Crippen LogP contribution in [0.3, 0.4) is 0 Å². The van der Waals surface area contributed by atoms with Gasteiger partial charge in [0.15, 0.2) is 12.0 Å². The van der Waals surface area contributed by atoms with Gasteiger partial charge in [-0.1, -0.05) is 18.2 Å². The minimum absolute atomic E-state index is 0.290. The SMILES string of the molecule is Fc1ccc[c]c1-c1ccc2ncoc2c1. The molecule has 3 rings (SSSR count). The van der Waals surface area contributed by atoms with Crippen LogP contribution in [0.15, 0.2) is 47.2 Å². The number of halogens is 1. The Balaban J connectivity index is 2.22. The molecule has 0 saturated heterocycles. The number of benzene rings is 2. The van der Waals surface area contributed by atoms with E-state index < -0.39 is 0 Å². The minimum atomic E-state index is -0.290. The van der Waals surface area contributed by atoms with Crippen molar-refractivity contribution in [1.82, 2.24) is 4.98 Å². The molecule has 1 aromatic heterocycles. The first-order valence-electron chi connectivity index (χ1n) is 4.84. The van der Waals surface area contributed by atoms with Crippen molar-refractivity contribution < 1.29 is 8.81 Å². The zero-order valence-corrected chi connectivity index (χ0v) is 8.27. The van der Waals surface area contributed by atoms with E-state index in [1.165, 1.54) is 12.5 Å². The highest BCUT2D eigenvalue weighted by atomic mass is 19.1. The second-order valence-electron chi connectivity index (χ2n) is 3.43. The number of nitrogens with zero attached hydrogens (tertiary/aromatic N) is 1. The van der Waals surface area contributed by atoms with Crippen LogP contribution in [0, 0.1) is 11.9 Å². The maximum absolute atomic E-state index is 13.5. The van der Waals surface area contributed by atoms with Crippen LogP contribution in [-0.2, 0) is 0 Å². The lowest BCUT2D eigenvalue weighted by Gasteiger charge is -2.01. The number of rotatable bonds is 1. The standard InChI is InChI=1S/C13H7FNO/c14-11-4-2-1-3-10(11)9-5-6-12-13(7-9)16-8-15-12/h1-2,4-8H. The van der Waals surface area contributed by atoms with E-state index in [1.807, 2.05) is 0 Å². The summed E-state index contributed by atoms with van der Waals surface area (Å²) >= 11 is 0. The van der Waals surface area contributed by atoms with Crippen LogP contribution in [0.1, 0.15) is 0 Å². The first-order chi connectivity index (χ1) is 7.84. The second kappa shape index (κ2) is 3.45. The Labute approximate surface area is 91.3 Å². The van der Waals surface area contributed by atoms with Gasteiger partial charge in [-0.3, -0.25) is 0 Å². The molecule has 3 heteroatoms. The van der Waals surface area contributed by atoms with Crippen LogP contribution in [-0.4, -0.2) is 4.98 Å². The van der Waals surface area contributed by atoms with Crippen LogP contribution < -0.4 is 0 Å². The van der Waals surface area contributed by atoms with E-state index in [2.05, 4.69) is 11.1 Å². The van der Waals surface area contributed by atoms with Crippen molar-refractivity contribution >= 4 is 11.1 Å². The number of oxazole rings is 1. The quantitative estimate of drug-likeness (QED) is 0.617. The first kappa shape index (κ1) is 9.09. The molecule has 2 aromatic carbocycles. The average molecular weight is 212 g/mol. The summed E-state index contributed by atoms with van der Waals surface area (Å²) in [5, 5.41) is 0. The van der Waals surface area contributed by atoms with Crippen molar-refractivity contribution in [1.29, 1.82) is 0 Å². The summed E-state index contributed by atoms with van der Waals surface area (Å²) in [6.07, 6.45) is 1.37. The number of aromatic nitrogens is 1. The van der Waals surface area contributed by atoms with E-state index >= 15 is 0 Å². The Kier molecular flexibility index (Phi) is 1.96. The van der Waals surface area contributed by atoms with Crippen molar-refractivity contribution in [3.8, 4) is 11.1 Å². The molecule has 0 aliphatic carbocycles. The maximum atomic E-state index is 13.5. The first-order valence-corrected chi connectivity index (χ1v) is 4.84. The zero-order chi connectivity index (χ0) is 11.0. The van der Waals surface area contributed by atoms with Gasteiger partial charge in [0.1, 0.15) is 11.3 Å². The van der Waals surface area contributed by atoms with Gasteiger partial charge in [-0.25, -0.2) is 9.37 Å². The average Bonchev–Trinajstić information content (AvgIpc) is 2.76. The molecule has 16 heavy (non-hydrogen) atoms. The smallest absolute Gasteiger partial charge is 0.181 e. The fourth-order valence-corrected chi connectivity index (χ4v) is 1.65. The van der Waals surface area contributed by atoms with Crippen molar-refractivity contribution in [2.45, 2.75) is 0 Å². The lowest BCUT2D eigenvalue weighted by Crippen LogP contribution is -1.83. The fourth-order valence-electron chi connectivity index (χ4n) is 1.65. The van der Waals surface area contributed by atoms with Gasteiger partial charge in [0.2, 0.25) is 0 Å². The lowest BCUT2D eigenvalue weighted by atomic mass is 10.1. The summed E-state index contributed by atoms with van der Waals surface area (Å²) < 4.78 is 18.7. The minimum Gasteiger partial charge on any atom is -0.443 e. The normalized spacial score (nSPS) is 10.8. The van der Waals surface area contributed by atoms with Crippen LogP contribution in [0.25, 0.3) is 22.2 Å². The molecule has 2 nitrogen and oxygen atoms in total. The fraction of sp³-hybridized carbons (Fsp3) is 0. The highest BCUT2D eigenvalue weighted by molar-refractivity contribution is 5.79. The van der Waals surface area contributed by atoms with Crippen LogP contribution in [0.4, 0.5) is 4.39 Å². The molecule has 0 N–H and O–H groups in total. The molecule has 0 aliphatic rings. The Morgan fingerprint density at radius 2 is 2.19 bits per heavy atom. The molecular weight excluding hydrogens is 205 g/mol. The topological polar surface area (TPSA) is 26.0 Å². The van der Waals surface area contributed by atoms with Crippen molar-refractivity contribution in [2.75, 3.05) is 0 Å². The Morgan fingerprint density at radius 1 is 1.25 bits per heavy atom. The Morgan fingerprint density at radius 3 is 3.06 bits per heavy atom. The van der Waals surface area contributed by atoms with Crippen molar-refractivity contribution in [3.63, 3.8) is 0 Å². The summed E-state index contributed by atoms with van der Waals surface area (Å²) in [6, 6.07) is 13.0. The van der Waals surface area contributed by atoms with E-state index in [-0.39, 0.29) is 5.82 Å². The summed E-state index contributed by atoms with van der Waals surface area (Å²) in [5.41, 5.74) is 2.59. The van der Waals surface area contributed by atoms with Crippen LogP contribution >= 0.6 is 0 Å². The van der Waals surface area contributed by atoms with Gasteiger partial charge in [-0.2, -0.15) is 0 Å². The second-order valence-corrected chi connectivity index (χ2v) is 3.43. The molecule has 1 heterocycles. The van der Waals surface area contributed by atoms with Crippen LogP contribution in [0.2, 0.25) is 0 Å². The lowest BCUT2D eigenvalue weighted by molar-refractivity contribution is 0.602. The Bertz CT molecular complexity index is 645. The maximum Gasteiger partial charge on any atom is 0.181 e. The Hall–Kier alpha value is -2.16. The molecule has 0 bridgehead atoms. The number of fused-ring (bicyclic) bond motifs is 1. The molecule has 77 valence electrons. The summed E-state index contributed by atoms with van der Waals surface area (Å²) in [6.45, 7) is 0. The van der Waals surface area contributed by atoms with E-state index in [0.717, 1.165) is 11.1 Å². The van der Waals surface area contributed by atoms with Gasteiger partial charge in [0.25, 0.3) is 0 Å². The predicted molar refractivity (Wildman–Crippen MR) is 58.2 cm³/mol. The number of hydrogen-bond acceptors (Lipinski definition) is 2. The van der Waals surface area contributed by atoms with E-state index in [4.69, 9.17) is 4.42 Å². The molecule has 0 atom stereocenters. The monoisotopic (exact) mass is 212 g/mol. The highest BCUT2D eigenvalue weighted by Crippen LogP contribution is 2.25. The van der Waals surface area contributed by atoms with Gasteiger partial charge in [-0.05, 0) is 29.8 Å². The third kappa shape index (κ3) is 1.37. The molecule has 3 aromatic rings. The summed E-state index contributed by atoms with van der Waals surface area (Å²) in [5.74, 6) is -0.290. The molecule has 0 amide bonds. The van der Waals surface area contributed by atoms with Gasteiger partial charge in [0, 0.05) is 5.56 Å². The molecule has 0 spiro atoms. The molecule has 0 saturated carbocycles. The van der Waals surface area contributed by atoms with Crippen molar-refractivity contribution in [2.24, 2.45) is 0 Å². The van der Waals surface area contributed by atoms with Gasteiger partial charge in [0.05, 0.1) is 0 Å². The zero-order valence-electron chi connectivity index (χ0n) is 8.27. The largest absolute Gasteiger partial charge is 0.443 e. The van der Waals surface area contributed by atoms with E-state index in [0.29, 0.717) is 11.1 Å². The third-order valence-electron chi connectivity index (χ3n) is 2.43. The van der Waals surface area contributed by atoms with Crippen LogP contribution in [0.5, 0.6) is 0 Å². The molecule has 0 unspecified atom stereocenters. The van der Waals surface area contributed by atoms with E-state index in [1.54, 1.807) is 30.3 Å². The summed E-state index contributed by atoms with van der Waals surface area (Å²) in [7, 11) is 0. The van der Waals surface area contributed by atoms with Gasteiger partial charge < -0.3 is 4.42 Å². The summed E-state index contributed by atoms with van der Waals surface area (Å²) in [4.78, 5) is 4.01. The molecule has 0 aliphatic heterocycles. The van der Waals surface area contributed by atoms with Gasteiger partial charge in [-0.15, -0.1) is 0 Å². The molecule has 0 fully saturated rings. The number of hydrogen-bond donors (Lipinski definition) is 0. The molecular formula is C13H7FNO. The predicted octanol–water partition coefficient (Wildman–Crippen LogP) is 3.43. The van der Waals surface area contributed by atoms with E-state index in [9.17, 15) is 4.39 Å². The van der Waals surface area contributed by atoms with Gasteiger partial charge >= 0.3 is 0 Å². The highest BCUT2D eigenvalue weighted by Gasteiger charge is 2.06. The van der Waals surface area contributed by atoms with Crippen molar-refractivity contribution in [3.05, 3.63) is 54.7 Å².